The van der Waals surface area contributed by atoms with Gasteiger partial charge in [-0.1, -0.05) is 34.1 Å². The van der Waals surface area contributed by atoms with Crippen molar-refractivity contribution in [1.29, 1.82) is 0 Å². The van der Waals surface area contributed by atoms with E-state index in [9.17, 15) is 18.3 Å². The van der Waals surface area contributed by atoms with Gasteiger partial charge in [0.2, 0.25) is 0 Å². The van der Waals surface area contributed by atoms with Gasteiger partial charge in [0.15, 0.2) is 0 Å². The first-order valence-electron chi connectivity index (χ1n) is 5.65. The maximum Gasteiger partial charge on any atom is 0.419 e. The van der Waals surface area contributed by atoms with Gasteiger partial charge in [0.1, 0.15) is 11.5 Å². The molecule has 1 N–H and O–H groups in total. The molecule has 2 aromatic carbocycles. The van der Waals surface area contributed by atoms with Gasteiger partial charge in [-0.05, 0) is 24.3 Å². The molecule has 0 atom stereocenters. The van der Waals surface area contributed by atoms with E-state index in [1.165, 1.54) is 24.3 Å². The van der Waals surface area contributed by atoms with Crippen LogP contribution in [0.5, 0.6) is 11.5 Å². The van der Waals surface area contributed by atoms with Gasteiger partial charge >= 0.3 is 6.18 Å². The second kappa shape index (κ2) is 5.85. The second-order valence-electron chi connectivity index (χ2n) is 4.01. The van der Waals surface area contributed by atoms with Crippen LogP contribution in [0, 0.1) is 0 Å². The largest absolute Gasteiger partial charge is 0.456 e. The number of aliphatic hydroxyl groups is 1. The first kappa shape index (κ1) is 14.9. The molecule has 0 fully saturated rings. The van der Waals surface area contributed by atoms with Crippen LogP contribution in [0.1, 0.15) is 11.1 Å². The summed E-state index contributed by atoms with van der Waals surface area (Å²) in [6, 6.07) is 9.71. The Kier molecular flexibility index (Phi) is 4.35. The van der Waals surface area contributed by atoms with E-state index in [4.69, 9.17) is 4.74 Å². The molecular formula is C14H10BrF3O2. The smallest absolute Gasteiger partial charge is 0.419 e. The summed E-state index contributed by atoms with van der Waals surface area (Å²) in [5.74, 6) is -0.119. The van der Waals surface area contributed by atoms with E-state index < -0.39 is 11.7 Å². The molecule has 0 radical (unpaired) electrons. The van der Waals surface area contributed by atoms with E-state index >= 15 is 0 Å². The molecule has 0 aliphatic heterocycles. The van der Waals surface area contributed by atoms with Crippen LogP contribution in [-0.2, 0) is 12.8 Å². The Labute approximate surface area is 121 Å². The summed E-state index contributed by atoms with van der Waals surface area (Å²) in [6.07, 6.45) is -4.50. The summed E-state index contributed by atoms with van der Waals surface area (Å²) in [6.45, 7) is -0.323. The quantitative estimate of drug-likeness (QED) is 0.868. The third-order valence-electron chi connectivity index (χ3n) is 2.61. The number of hydrogen-bond acceptors (Lipinski definition) is 2. The molecule has 0 unspecified atom stereocenters. The summed E-state index contributed by atoms with van der Waals surface area (Å²) < 4.78 is 44.6. The van der Waals surface area contributed by atoms with Gasteiger partial charge in [-0.15, -0.1) is 0 Å². The fourth-order valence-electron chi connectivity index (χ4n) is 1.66. The van der Waals surface area contributed by atoms with Gasteiger partial charge < -0.3 is 9.84 Å². The summed E-state index contributed by atoms with van der Waals surface area (Å²) in [4.78, 5) is 0. The zero-order chi connectivity index (χ0) is 14.8. The molecule has 0 aliphatic carbocycles. The van der Waals surface area contributed by atoms with E-state index in [1.54, 1.807) is 12.1 Å². The number of para-hydroxylation sites is 1. The first-order valence-corrected chi connectivity index (χ1v) is 6.44. The van der Waals surface area contributed by atoms with Gasteiger partial charge in [-0.25, -0.2) is 0 Å². The van der Waals surface area contributed by atoms with Crippen molar-refractivity contribution in [1.82, 2.24) is 0 Å². The van der Waals surface area contributed by atoms with Crippen molar-refractivity contribution in [3.63, 3.8) is 0 Å². The van der Waals surface area contributed by atoms with Crippen LogP contribution in [0.25, 0.3) is 0 Å². The molecule has 0 spiro atoms. The molecule has 2 nitrogen and oxygen atoms in total. The van der Waals surface area contributed by atoms with E-state index in [-0.39, 0.29) is 18.1 Å². The molecule has 2 aromatic rings. The maximum atomic E-state index is 12.9. The minimum atomic E-state index is -4.50. The fourth-order valence-corrected chi connectivity index (χ4v) is 2.00. The fraction of sp³-hybridized carbons (Fsp3) is 0.143. The van der Waals surface area contributed by atoms with E-state index in [1.807, 2.05) is 0 Å². The third kappa shape index (κ3) is 3.32. The van der Waals surface area contributed by atoms with Crippen LogP contribution in [0.2, 0.25) is 0 Å². The molecule has 2 rings (SSSR count). The Bertz CT molecular complexity index is 612. The summed E-state index contributed by atoms with van der Waals surface area (Å²) >= 11 is 3.21. The zero-order valence-corrected chi connectivity index (χ0v) is 11.7. The number of ether oxygens (including phenoxy) is 1. The van der Waals surface area contributed by atoms with Crippen molar-refractivity contribution >= 4 is 15.9 Å². The topological polar surface area (TPSA) is 29.5 Å². The van der Waals surface area contributed by atoms with Crippen LogP contribution in [0.3, 0.4) is 0 Å². The molecule has 0 saturated heterocycles. The lowest BCUT2D eigenvalue weighted by molar-refractivity contribution is -0.138. The number of aliphatic hydroxyl groups excluding tert-OH is 1. The van der Waals surface area contributed by atoms with Gasteiger partial charge in [0.25, 0.3) is 0 Å². The summed E-state index contributed by atoms with van der Waals surface area (Å²) in [5.41, 5.74) is -0.450. The Morgan fingerprint density at radius 1 is 1.05 bits per heavy atom. The normalized spacial score (nSPS) is 11.4. The lowest BCUT2D eigenvalue weighted by Crippen LogP contribution is -2.07. The van der Waals surface area contributed by atoms with Crippen LogP contribution in [-0.4, -0.2) is 5.11 Å². The summed E-state index contributed by atoms with van der Waals surface area (Å²) in [7, 11) is 0. The lowest BCUT2D eigenvalue weighted by atomic mass is 10.2. The number of hydrogen-bond donors (Lipinski definition) is 1. The number of alkyl halides is 3. The molecular weight excluding hydrogens is 337 g/mol. The Balaban J connectivity index is 2.43. The Morgan fingerprint density at radius 2 is 1.75 bits per heavy atom. The monoisotopic (exact) mass is 346 g/mol. The van der Waals surface area contributed by atoms with Crippen molar-refractivity contribution in [2.45, 2.75) is 12.8 Å². The standard InChI is InChI=1S/C14H10BrF3O2/c15-10-6-5-9(8-19)13(7-10)20-12-4-2-1-3-11(12)14(16,17)18/h1-7,19H,8H2. The van der Waals surface area contributed by atoms with Crippen molar-refractivity contribution in [2.24, 2.45) is 0 Å². The zero-order valence-electron chi connectivity index (χ0n) is 10.1. The minimum Gasteiger partial charge on any atom is -0.456 e. The van der Waals surface area contributed by atoms with Gasteiger partial charge in [0, 0.05) is 10.0 Å². The second-order valence-corrected chi connectivity index (χ2v) is 4.92. The van der Waals surface area contributed by atoms with E-state index in [0.717, 1.165) is 6.07 Å². The van der Waals surface area contributed by atoms with Crippen LogP contribution in [0.15, 0.2) is 46.9 Å². The molecule has 0 bridgehead atoms. The van der Waals surface area contributed by atoms with E-state index in [2.05, 4.69) is 15.9 Å². The van der Waals surface area contributed by atoms with Crippen molar-refractivity contribution in [3.8, 4) is 11.5 Å². The maximum absolute atomic E-state index is 12.9. The molecule has 0 aliphatic rings. The minimum absolute atomic E-state index is 0.179. The first-order chi connectivity index (χ1) is 9.41. The number of benzene rings is 2. The number of halogens is 4. The lowest BCUT2D eigenvalue weighted by Gasteiger charge is -2.15. The average Bonchev–Trinajstić information content (AvgIpc) is 2.38. The molecule has 6 heteroatoms. The van der Waals surface area contributed by atoms with Gasteiger partial charge in [-0.3, -0.25) is 0 Å². The molecule has 0 heterocycles. The summed E-state index contributed by atoms with van der Waals surface area (Å²) in [5, 5.41) is 9.20. The van der Waals surface area contributed by atoms with Crippen LogP contribution >= 0.6 is 15.9 Å². The van der Waals surface area contributed by atoms with Crippen molar-refractivity contribution in [2.75, 3.05) is 0 Å². The average molecular weight is 347 g/mol. The Morgan fingerprint density at radius 3 is 2.40 bits per heavy atom. The molecule has 0 aromatic heterocycles. The number of rotatable bonds is 3. The molecule has 0 saturated carbocycles. The van der Waals surface area contributed by atoms with Gasteiger partial charge in [0.05, 0.1) is 12.2 Å². The van der Waals surface area contributed by atoms with Crippen LogP contribution < -0.4 is 4.74 Å². The highest BCUT2D eigenvalue weighted by atomic mass is 79.9. The van der Waals surface area contributed by atoms with Crippen molar-refractivity contribution < 1.29 is 23.0 Å². The molecule has 20 heavy (non-hydrogen) atoms. The SMILES string of the molecule is OCc1ccc(Br)cc1Oc1ccccc1C(F)(F)F. The highest BCUT2D eigenvalue weighted by Gasteiger charge is 2.34. The van der Waals surface area contributed by atoms with Crippen LogP contribution in [0.4, 0.5) is 13.2 Å². The predicted molar refractivity (Wildman–Crippen MR) is 71.6 cm³/mol. The molecule has 0 amide bonds. The van der Waals surface area contributed by atoms with Crippen molar-refractivity contribution in [3.05, 3.63) is 58.1 Å². The highest BCUT2D eigenvalue weighted by Crippen LogP contribution is 2.39. The highest BCUT2D eigenvalue weighted by molar-refractivity contribution is 9.10. The Hall–Kier alpha value is -1.53. The van der Waals surface area contributed by atoms with Gasteiger partial charge in [-0.2, -0.15) is 13.2 Å². The van der Waals surface area contributed by atoms with E-state index in [0.29, 0.717) is 10.0 Å². The third-order valence-corrected chi connectivity index (χ3v) is 3.11. The predicted octanol–water partition coefficient (Wildman–Crippen LogP) is 4.75. The molecule has 106 valence electrons.